The Bertz CT molecular complexity index is 559. The third kappa shape index (κ3) is 1.46. The van der Waals surface area contributed by atoms with Gasteiger partial charge in [-0.05, 0) is 36.0 Å². The van der Waals surface area contributed by atoms with E-state index in [0.29, 0.717) is 17.5 Å². The molecule has 1 aromatic heterocycles. The third-order valence-corrected chi connectivity index (χ3v) is 3.77. The zero-order chi connectivity index (χ0) is 12.0. The number of nitrogen functional groups attached to an aromatic ring is 1. The van der Waals surface area contributed by atoms with Gasteiger partial charge in [0.25, 0.3) is 0 Å². The van der Waals surface area contributed by atoms with E-state index in [1.165, 1.54) is 23.0 Å². The van der Waals surface area contributed by atoms with Crippen molar-refractivity contribution in [2.24, 2.45) is 0 Å². The van der Waals surface area contributed by atoms with Crippen LogP contribution in [0.4, 0.5) is 5.69 Å². The maximum atomic E-state index is 5.90. The number of rotatable bonds is 1. The number of aromatic nitrogens is 1. The van der Waals surface area contributed by atoms with Crippen molar-refractivity contribution in [2.45, 2.75) is 32.1 Å². The number of nitrogens with zero attached hydrogens (tertiary/aromatic N) is 1. The lowest BCUT2D eigenvalue weighted by Gasteiger charge is -2.09. The quantitative estimate of drug-likeness (QED) is 0.815. The van der Waals surface area contributed by atoms with Crippen molar-refractivity contribution in [1.82, 2.24) is 5.16 Å². The van der Waals surface area contributed by atoms with Crippen LogP contribution in [0.25, 0.3) is 0 Å². The minimum Gasteiger partial charge on any atom is -0.395 e. The van der Waals surface area contributed by atoms with Gasteiger partial charge >= 0.3 is 0 Å². The Balaban J connectivity index is 2.14. The van der Waals surface area contributed by atoms with Crippen molar-refractivity contribution in [2.75, 3.05) is 5.73 Å². The smallest absolute Gasteiger partial charge is 0.147 e. The minimum absolute atomic E-state index is 0.290. The molecule has 0 radical (unpaired) electrons. The van der Waals surface area contributed by atoms with Crippen molar-refractivity contribution in [3.8, 4) is 0 Å². The van der Waals surface area contributed by atoms with Gasteiger partial charge in [-0.15, -0.1) is 0 Å². The minimum atomic E-state index is 0.290. The fraction of sp³-hybridized carbons (Fsp3) is 0.357. The topological polar surface area (TPSA) is 52.0 Å². The van der Waals surface area contributed by atoms with E-state index in [4.69, 9.17) is 10.3 Å². The summed E-state index contributed by atoms with van der Waals surface area (Å²) in [7, 11) is 0. The summed E-state index contributed by atoms with van der Waals surface area (Å²) in [5.41, 5.74) is 11.6. The lowest BCUT2D eigenvalue weighted by atomic mass is 9.96. The van der Waals surface area contributed by atoms with Gasteiger partial charge in [0.15, 0.2) is 0 Å². The van der Waals surface area contributed by atoms with Crippen LogP contribution < -0.4 is 5.73 Å². The molecular formula is C14H16N2O. The highest BCUT2D eigenvalue weighted by Crippen LogP contribution is 2.46. The number of anilines is 1. The van der Waals surface area contributed by atoms with Crippen LogP contribution in [0, 0.1) is 6.92 Å². The summed E-state index contributed by atoms with van der Waals surface area (Å²) >= 11 is 0. The largest absolute Gasteiger partial charge is 0.395 e. The molecule has 0 saturated carbocycles. The molecule has 1 aliphatic carbocycles. The number of aryl methyl sites for hydroxylation is 1. The summed E-state index contributed by atoms with van der Waals surface area (Å²) in [6, 6.07) is 6.46. The second-order valence-electron chi connectivity index (χ2n) is 4.92. The van der Waals surface area contributed by atoms with Crippen molar-refractivity contribution in [1.29, 1.82) is 0 Å². The third-order valence-electron chi connectivity index (χ3n) is 3.77. The van der Waals surface area contributed by atoms with E-state index in [9.17, 15) is 0 Å². The normalized spacial score (nSPS) is 22.7. The first kappa shape index (κ1) is 10.4. The predicted octanol–water partition coefficient (Wildman–Crippen LogP) is 3.20. The highest BCUT2D eigenvalue weighted by molar-refractivity contribution is 5.52. The number of fused-ring (bicyclic) bond motifs is 1. The Morgan fingerprint density at radius 1 is 1.41 bits per heavy atom. The van der Waals surface area contributed by atoms with Gasteiger partial charge in [-0.2, -0.15) is 0 Å². The maximum absolute atomic E-state index is 5.90. The van der Waals surface area contributed by atoms with Crippen LogP contribution in [-0.2, 0) is 0 Å². The number of hydrogen-bond acceptors (Lipinski definition) is 3. The molecule has 0 fully saturated rings. The van der Waals surface area contributed by atoms with Gasteiger partial charge in [-0.25, -0.2) is 0 Å². The van der Waals surface area contributed by atoms with E-state index in [2.05, 4.69) is 37.2 Å². The summed E-state index contributed by atoms with van der Waals surface area (Å²) in [6.45, 7) is 4.44. The zero-order valence-corrected chi connectivity index (χ0v) is 10.1. The first-order chi connectivity index (χ1) is 8.18. The fourth-order valence-corrected chi connectivity index (χ4v) is 3.06. The summed E-state index contributed by atoms with van der Waals surface area (Å²) < 4.78 is 4.96. The van der Waals surface area contributed by atoms with Gasteiger partial charge in [0.2, 0.25) is 0 Å². The zero-order valence-electron chi connectivity index (χ0n) is 10.1. The van der Waals surface area contributed by atoms with Crippen LogP contribution in [-0.4, -0.2) is 5.16 Å². The molecule has 0 spiro atoms. The van der Waals surface area contributed by atoms with Gasteiger partial charge < -0.3 is 10.3 Å². The lowest BCUT2D eigenvalue weighted by molar-refractivity contribution is 0.407. The van der Waals surface area contributed by atoms with Gasteiger partial charge in [-0.3, -0.25) is 0 Å². The van der Waals surface area contributed by atoms with Gasteiger partial charge in [0, 0.05) is 5.92 Å². The second kappa shape index (κ2) is 3.62. The molecule has 2 atom stereocenters. The second-order valence-corrected chi connectivity index (χ2v) is 4.92. The van der Waals surface area contributed by atoms with Crippen molar-refractivity contribution >= 4 is 5.69 Å². The maximum Gasteiger partial charge on any atom is 0.147 e. The van der Waals surface area contributed by atoms with Crippen LogP contribution in [0.5, 0.6) is 0 Å². The molecule has 17 heavy (non-hydrogen) atoms. The van der Waals surface area contributed by atoms with E-state index in [0.717, 1.165) is 12.1 Å². The van der Waals surface area contributed by atoms with Crippen LogP contribution in [0.15, 0.2) is 29.0 Å². The molecule has 1 aromatic carbocycles. The van der Waals surface area contributed by atoms with Crippen molar-refractivity contribution in [3.05, 3.63) is 46.8 Å². The Morgan fingerprint density at radius 3 is 2.94 bits per heavy atom. The molecule has 1 heterocycles. The molecule has 3 rings (SSSR count). The van der Waals surface area contributed by atoms with E-state index in [1.807, 2.05) is 0 Å². The van der Waals surface area contributed by atoms with Crippen molar-refractivity contribution in [3.63, 3.8) is 0 Å². The highest BCUT2D eigenvalue weighted by atomic mass is 16.5. The monoisotopic (exact) mass is 228 g/mol. The average molecular weight is 228 g/mol. The molecule has 0 saturated heterocycles. The molecule has 2 unspecified atom stereocenters. The average Bonchev–Trinajstić information content (AvgIpc) is 2.84. The molecule has 2 N–H and O–H groups in total. The Kier molecular flexibility index (Phi) is 2.21. The summed E-state index contributed by atoms with van der Waals surface area (Å²) in [4.78, 5) is 0. The molecular weight excluding hydrogens is 212 g/mol. The molecule has 1 aliphatic rings. The van der Waals surface area contributed by atoms with E-state index in [-0.39, 0.29) is 0 Å². The Hall–Kier alpha value is -1.77. The highest BCUT2D eigenvalue weighted by Gasteiger charge is 2.33. The predicted molar refractivity (Wildman–Crippen MR) is 67.0 cm³/mol. The standard InChI is InChI=1S/C14H16N2O/c1-8-4-3-5-10-11(6-9(2)13(8)10)14-12(15)7-17-16-14/h3-5,7,9,11H,6,15H2,1-2H3. The summed E-state index contributed by atoms with van der Waals surface area (Å²) in [5, 5.41) is 4.06. The molecule has 2 aromatic rings. The van der Waals surface area contributed by atoms with Crippen molar-refractivity contribution < 1.29 is 4.52 Å². The SMILES string of the molecule is Cc1cccc2c1C(C)CC2c1nocc1N. The molecule has 0 amide bonds. The molecule has 0 bridgehead atoms. The number of hydrogen-bond donors (Lipinski definition) is 1. The lowest BCUT2D eigenvalue weighted by Crippen LogP contribution is -2.00. The van der Waals surface area contributed by atoms with E-state index in [1.54, 1.807) is 0 Å². The first-order valence-corrected chi connectivity index (χ1v) is 5.97. The number of nitrogens with two attached hydrogens (primary N) is 1. The molecule has 3 nitrogen and oxygen atoms in total. The van der Waals surface area contributed by atoms with Crippen LogP contribution in [0.3, 0.4) is 0 Å². The van der Waals surface area contributed by atoms with Crippen LogP contribution in [0.1, 0.15) is 47.6 Å². The Labute approximate surface area is 101 Å². The summed E-state index contributed by atoms with van der Waals surface area (Å²) in [5.74, 6) is 0.853. The summed E-state index contributed by atoms with van der Waals surface area (Å²) in [6.07, 6.45) is 2.59. The van der Waals surface area contributed by atoms with Gasteiger partial charge in [0.1, 0.15) is 12.0 Å². The van der Waals surface area contributed by atoms with Crippen LogP contribution in [0.2, 0.25) is 0 Å². The first-order valence-electron chi connectivity index (χ1n) is 5.97. The van der Waals surface area contributed by atoms with Gasteiger partial charge in [0.05, 0.1) is 5.69 Å². The molecule has 3 heteroatoms. The fourth-order valence-electron chi connectivity index (χ4n) is 3.06. The van der Waals surface area contributed by atoms with Crippen LogP contribution >= 0.6 is 0 Å². The molecule has 88 valence electrons. The van der Waals surface area contributed by atoms with E-state index >= 15 is 0 Å². The van der Waals surface area contributed by atoms with E-state index < -0.39 is 0 Å². The van der Waals surface area contributed by atoms with Gasteiger partial charge in [-0.1, -0.05) is 30.3 Å². The number of benzene rings is 1. The molecule has 0 aliphatic heterocycles. The Morgan fingerprint density at radius 2 is 2.24 bits per heavy atom.